The second kappa shape index (κ2) is 5.85. The molecular formula is C12H21N. The van der Waals surface area contributed by atoms with Crippen molar-refractivity contribution in [3.63, 3.8) is 0 Å². The molecule has 13 heavy (non-hydrogen) atoms. The van der Waals surface area contributed by atoms with Crippen LogP contribution in [-0.4, -0.2) is 18.0 Å². The van der Waals surface area contributed by atoms with Crippen LogP contribution in [0.15, 0.2) is 23.9 Å². The van der Waals surface area contributed by atoms with Crippen LogP contribution in [0.2, 0.25) is 0 Å². The molecule has 0 aromatic carbocycles. The zero-order valence-electron chi connectivity index (χ0n) is 8.92. The van der Waals surface area contributed by atoms with Gasteiger partial charge in [-0.3, -0.25) is 0 Å². The van der Waals surface area contributed by atoms with E-state index in [9.17, 15) is 0 Å². The molecule has 0 radical (unpaired) electrons. The molecule has 1 rings (SSSR count). The van der Waals surface area contributed by atoms with Crippen LogP contribution in [0.25, 0.3) is 0 Å². The van der Waals surface area contributed by atoms with Gasteiger partial charge >= 0.3 is 0 Å². The molecule has 1 heteroatoms. The molecule has 0 unspecified atom stereocenters. The molecule has 0 aliphatic carbocycles. The largest absolute Gasteiger partial charge is 0.377 e. The van der Waals surface area contributed by atoms with Gasteiger partial charge in [0.15, 0.2) is 0 Å². The van der Waals surface area contributed by atoms with Crippen LogP contribution in [0.3, 0.4) is 0 Å². The molecule has 0 N–H and O–H groups in total. The Morgan fingerprint density at radius 2 is 1.92 bits per heavy atom. The van der Waals surface area contributed by atoms with Crippen LogP contribution in [0.5, 0.6) is 0 Å². The summed E-state index contributed by atoms with van der Waals surface area (Å²) in [6.45, 7) is 6.91. The Bertz CT molecular complexity index is 185. The molecule has 0 atom stereocenters. The van der Waals surface area contributed by atoms with Gasteiger partial charge in [0.05, 0.1) is 0 Å². The average molecular weight is 179 g/mol. The Hall–Kier alpha value is -0.720. The minimum Gasteiger partial charge on any atom is -0.377 e. The summed E-state index contributed by atoms with van der Waals surface area (Å²) in [4.78, 5) is 2.44. The zero-order valence-corrected chi connectivity index (χ0v) is 8.92. The fraction of sp³-hybridized carbons (Fsp3) is 0.667. The maximum absolute atomic E-state index is 2.44. The van der Waals surface area contributed by atoms with E-state index in [1.54, 1.807) is 0 Å². The fourth-order valence-corrected chi connectivity index (χ4v) is 1.63. The lowest BCUT2D eigenvalue weighted by atomic mass is 10.2. The van der Waals surface area contributed by atoms with Gasteiger partial charge in [-0.15, -0.1) is 0 Å². The first-order valence-corrected chi connectivity index (χ1v) is 5.48. The van der Waals surface area contributed by atoms with E-state index in [4.69, 9.17) is 0 Å². The van der Waals surface area contributed by atoms with Crippen molar-refractivity contribution >= 4 is 0 Å². The second-order valence-corrected chi connectivity index (χ2v) is 3.61. The van der Waals surface area contributed by atoms with Crippen molar-refractivity contribution in [3.8, 4) is 0 Å². The van der Waals surface area contributed by atoms with E-state index in [0.29, 0.717) is 0 Å². The molecule has 0 amide bonds. The minimum absolute atomic E-state index is 1.14. The quantitative estimate of drug-likeness (QED) is 0.598. The number of nitrogens with zero attached hydrogens (tertiary/aromatic N) is 1. The fourth-order valence-electron chi connectivity index (χ4n) is 1.63. The summed E-state index contributed by atoms with van der Waals surface area (Å²) in [6, 6.07) is 0. The highest BCUT2D eigenvalue weighted by molar-refractivity contribution is 5.17. The minimum atomic E-state index is 1.14. The zero-order chi connectivity index (χ0) is 9.52. The van der Waals surface area contributed by atoms with Gasteiger partial charge in [0, 0.05) is 19.3 Å². The van der Waals surface area contributed by atoms with Crippen molar-refractivity contribution < 1.29 is 0 Å². The van der Waals surface area contributed by atoms with Gasteiger partial charge < -0.3 is 4.90 Å². The molecule has 0 spiro atoms. The second-order valence-electron chi connectivity index (χ2n) is 3.61. The Morgan fingerprint density at radius 1 is 1.23 bits per heavy atom. The highest BCUT2D eigenvalue weighted by Crippen LogP contribution is 2.12. The lowest BCUT2D eigenvalue weighted by Crippen LogP contribution is -2.11. The monoisotopic (exact) mass is 179 g/mol. The van der Waals surface area contributed by atoms with E-state index in [2.05, 4.69) is 37.1 Å². The molecule has 1 nitrogen and oxygen atoms in total. The van der Waals surface area contributed by atoms with Gasteiger partial charge in [-0.1, -0.05) is 26.0 Å². The summed E-state index contributed by atoms with van der Waals surface area (Å²) < 4.78 is 0. The van der Waals surface area contributed by atoms with E-state index in [0.717, 1.165) is 12.8 Å². The molecule has 0 saturated carbocycles. The maximum Gasteiger partial charge on any atom is 0.0173 e. The summed E-state index contributed by atoms with van der Waals surface area (Å²) in [7, 11) is 0. The van der Waals surface area contributed by atoms with Gasteiger partial charge in [-0.2, -0.15) is 0 Å². The van der Waals surface area contributed by atoms with E-state index in [1.807, 2.05) is 0 Å². The number of hydrogen-bond acceptors (Lipinski definition) is 1. The van der Waals surface area contributed by atoms with Crippen LogP contribution in [0.4, 0.5) is 0 Å². The van der Waals surface area contributed by atoms with Crippen molar-refractivity contribution in [3.05, 3.63) is 23.9 Å². The Morgan fingerprint density at radius 3 is 2.46 bits per heavy atom. The molecule has 1 saturated heterocycles. The van der Waals surface area contributed by atoms with Gasteiger partial charge in [0.25, 0.3) is 0 Å². The Balaban J connectivity index is 2.47. The maximum atomic E-state index is 2.44. The summed E-state index contributed by atoms with van der Waals surface area (Å²) >= 11 is 0. The molecule has 0 aromatic heterocycles. The van der Waals surface area contributed by atoms with E-state index in [-0.39, 0.29) is 0 Å². The number of hydrogen-bond donors (Lipinski definition) is 0. The van der Waals surface area contributed by atoms with Gasteiger partial charge in [-0.25, -0.2) is 0 Å². The average Bonchev–Trinajstić information content (AvgIpc) is 2.64. The molecule has 1 aliphatic heterocycles. The number of rotatable bonds is 4. The third-order valence-corrected chi connectivity index (χ3v) is 2.46. The highest BCUT2D eigenvalue weighted by atomic mass is 15.1. The van der Waals surface area contributed by atoms with E-state index < -0.39 is 0 Å². The summed E-state index contributed by atoms with van der Waals surface area (Å²) in [5, 5.41) is 0. The predicted octanol–water partition coefficient (Wildman–Crippen LogP) is 3.34. The molecule has 0 bridgehead atoms. The topological polar surface area (TPSA) is 3.24 Å². The van der Waals surface area contributed by atoms with Gasteiger partial charge in [0.1, 0.15) is 0 Å². The molecule has 1 aliphatic rings. The number of allylic oxidation sites excluding steroid dienone is 3. The van der Waals surface area contributed by atoms with Crippen LogP contribution in [0, 0.1) is 0 Å². The summed E-state index contributed by atoms with van der Waals surface area (Å²) in [6.07, 6.45) is 11.9. The molecule has 74 valence electrons. The SMILES string of the molecule is CC/C=C/C(=C/N1CCCC1)CC. The van der Waals surface area contributed by atoms with Crippen LogP contribution < -0.4 is 0 Å². The van der Waals surface area contributed by atoms with Crippen LogP contribution >= 0.6 is 0 Å². The first-order valence-electron chi connectivity index (χ1n) is 5.48. The van der Waals surface area contributed by atoms with Gasteiger partial charge in [-0.05, 0) is 31.3 Å². The highest BCUT2D eigenvalue weighted by Gasteiger charge is 2.07. The normalized spacial score (nSPS) is 18.9. The summed E-state index contributed by atoms with van der Waals surface area (Å²) in [5.41, 5.74) is 1.46. The van der Waals surface area contributed by atoms with Crippen molar-refractivity contribution in [2.75, 3.05) is 13.1 Å². The van der Waals surface area contributed by atoms with Crippen molar-refractivity contribution in [1.29, 1.82) is 0 Å². The standard InChI is InChI=1S/C12H21N/c1-3-5-8-12(4-2)11-13-9-6-7-10-13/h5,8,11H,3-4,6-7,9-10H2,1-2H3/b8-5+,12-11+. The lowest BCUT2D eigenvalue weighted by Gasteiger charge is -2.12. The third-order valence-electron chi connectivity index (χ3n) is 2.46. The molecule has 1 heterocycles. The lowest BCUT2D eigenvalue weighted by molar-refractivity contribution is 0.464. The number of likely N-dealkylation sites (tertiary alicyclic amines) is 1. The van der Waals surface area contributed by atoms with Gasteiger partial charge in [0.2, 0.25) is 0 Å². The Kier molecular flexibility index (Phi) is 4.66. The first-order chi connectivity index (χ1) is 6.36. The van der Waals surface area contributed by atoms with Crippen molar-refractivity contribution in [1.82, 2.24) is 4.90 Å². The van der Waals surface area contributed by atoms with Crippen LogP contribution in [-0.2, 0) is 0 Å². The summed E-state index contributed by atoms with van der Waals surface area (Å²) in [5.74, 6) is 0. The van der Waals surface area contributed by atoms with Crippen LogP contribution in [0.1, 0.15) is 39.5 Å². The van der Waals surface area contributed by atoms with E-state index >= 15 is 0 Å². The first kappa shape index (κ1) is 10.4. The molecule has 1 fully saturated rings. The van der Waals surface area contributed by atoms with E-state index in [1.165, 1.54) is 31.5 Å². The smallest absolute Gasteiger partial charge is 0.0173 e. The third kappa shape index (κ3) is 3.67. The predicted molar refractivity (Wildman–Crippen MR) is 58.6 cm³/mol. The molecule has 0 aromatic rings. The van der Waals surface area contributed by atoms with Crippen molar-refractivity contribution in [2.45, 2.75) is 39.5 Å². The Labute approximate surface area is 82.1 Å². The van der Waals surface area contributed by atoms with Crippen molar-refractivity contribution in [2.24, 2.45) is 0 Å². The molecular weight excluding hydrogens is 158 g/mol.